The second-order valence-electron chi connectivity index (χ2n) is 6.69. The van der Waals surface area contributed by atoms with Crippen LogP contribution in [0.15, 0.2) is 54.9 Å². The van der Waals surface area contributed by atoms with Gasteiger partial charge in [0.2, 0.25) is 5.91 Å². The molecule has 4 amide bonds. The number of halogens is 1. The van der Waals surface area contributed by atoms with Gasteiger partial charge in [0.1, 0.15) is 12.4 Å². The number of urea groups is 1. The fourth-order valence-electron chi connectivity index (χ4n) is 3.15. The van der Waals surface area contributed by atoms with Gasteiger partial charge in [-0.25, -0.2) is 9.78 Å². The number of imide groups is 1. The highest BCUT2D eigenvalue weighted by atomic mass is 35.5. The van der Waals surface area contributed by atoms with Crippen molar-refractivity contribution in [2.45, 2.75) is 19.0 Å². The van der Waals surface area contributed by atoms with Gasteiger partial charge in [-0.3, -0.25) is 19.6 Å². The van der Waals surface area contributed by atoms with Crippen molar-refractivity contribution in [2.24, 2.45) is 0 Å². The van der Waals surface area contributed by atoms with Gasteiger partial charge in [0.25, 0.3) is 5.91 Å². The molecule has 0 radical (unpaired) electrons. The molecule has 3 N–H and O–H groups in total. The Bertz CT molecular complexity index is 1100. The smallest absolute Gasteiger partial charge is 0.325 e. The van der Waals surface area contributed by atoms with Crippen LogP contribution in [0.4, 0.5) is 10.5 Å². The Balaban J connectivity index is 1.39. The Morgan fingerprint density at radius 2 is 2.00 bits per heavy atom. The lowest BCUT2D eigenvalue weighted by atomic mass is 10.1. The topological polar surface area (TPSA) is 120 Å². The molecule has 0 spiro atoms. The summed E-state index contributed by atoms with van der Waals surface area (Å²) in [5.41, 5.74) is 1.94. The molecule has 1 aliphatic heterocycles. The zero-order valence-electron chi connectivity index (χ0n) is 15.6. The fraction of sp³-hybridized carbons (Fsp3) is 0.150. The molecule has 0 saturated carbocycles. The number of benzene rings is 2. The summed E-state index contributed by atoms with van der Waals surface area (Å²) >= 11 is 6.11. The first-order chi connectivity index (χ1) is 14.5. The van der Waals surface area contributed by atoms with E-state index in [-0.39, 0.29) is 13.0 Å². The zero-order chi connectivity index (χ0) is 21.1. The minimum absolute atomic E-state index is 0.0433. The van der Waals surface area contributed by atoms with Gasteiger partial charge in [-0.2, -0.15) is 5.10 Å². The van der Waals surface area contributed by atoms with Gasteiger partial charge in [0.05, 0.1) is 13.0 Å². The number of hydrogen-bond acceptors (Lipinski definition) is 5. The first-order valence-corrected chi connectivity index (χ1v) is 9.50. The normalized spacial score (nSPS) is 15.9. The minimum Gasteiger partial charge on any atom is -0.326 e. The van der Waals surface area contributed by atoms with Gasteiger partial charge >= 0.3 is 6.03 Å². The Morgan fingerprint density at radius 1 is 1.17 bits per heavy atom. The lowest BCUT2D eigenvalue weighted by Crippen LogP contribution is -2.34. The van der Waals surface area contributed by atoms with E-state index in [4.69, 9.17) is 11.6 Å². The first-order valence-electron chi connectivity index (χ1n) is 9.12. The second kappa shape index (κ2) is 8.34. The summed E-state index contributed by atoms with van der Waals surface area (Å²) in [5.74, 6) is -0.298. The highest BCUT2D eigenvalue weighted by molar-refractivity contribution is 6.31. The minimum atomic E-state index is -0.933. The molecule has 30 heavy (non-hydrogen) atoms. The highest BCUT2D eigenvalue weighted by Crippen LogP contribution is 2.21. The lowest BCUT2D eigenvalue weighted by Gasteiger charge is -2.14. The molecule has 0 bridgehead atoms. The van der Waals surface area contributed by atoms with E-state index in [1.54, 1.807) is 42.5 Å². The predicted octanol–water partition coefficient (Wildman–Crippen LogP) is 2.57. The number of rotatable bonds is 6. The lowest BCUT2D eigenvalue weighted by molar-refractivity contribution is -0.130. The maximum Gasteiger partial charge on any atom is 0.325 e. The summed E-state index contributed by atoms with van der Waals surface area (Å²) in [6, 6.07) is 12.5. The molecule has 1 saturated heterocycles. The summed E-state index contributed by atoms with van der Waals surface area (Å²) < 4.78 is 0. The number of carbonyl (C=O) groups excluding carboxylic acids is 3. The summed E-state index contributed by atoms with van der Waals surface area (Å²) in [6.07, 6.45) is 1.21. The first kappa shape index (κ1) is 19.6. The zero-order valence-corrected chi connectivity index (χ0v) is 16.4. The van der Waals surface area contributed by atoms with Crippen LogP contribution in [0.5, 0.6) is 0 Å². The van der Waals surface area contributed by atoms with Crippen molar-refractivity contribution in [3.63, 3.8) is 0 Å². The quantitative estimate of drug-likeness (QED) is 0.525. The maximum absolute atomic E-state index is 12.6. The van der Waals surface area contributed by atoms with Gasteiger partial charge in [-0.05, 0) is 23.8 Å². The summed E-state index contributed by atoms with van der Waals surface area (Å²) in [7, 11) is 0. The van der Waals surface area contributed by atoms with E-state index in [9.17, 15) is 14.4 Å². The average Bonchev–Trinajstić information content (AvgIpc) is 3.35. The third-order valence-corrected chi connectivity index (χ3v) is 4.99. The number of anilines is 1. The van der Waals surface area contributed by atoms with Crippen molar-refractivity contribution in [3.8, 4) is 11.4 Å². The largest absolute Gasteiger partial charge is 0.326 e. The second-order valence-corrected chi connectivity index (χ2v) is 7.09. The molecule has 1 aliphatic rings. The number of aromatic amines is 1. The van der Waals surface area contributed by atoms with Crippen LogP contribution >= 0.6 is 11.6 Å². The number of hydrogen-bond donors (Lipinski definition) is 3. The monoisotopic (exact) mass is 424 g/mol. The number of amides is 4. The van der Waals surface area contributed by atoms with E-state index >= 15 is 0 Å². The Morgan fingerprint density at radius 3 is 2.77 bits per heavy atom. The molecule has 152 valence electrons. The van der Waals surface area contributed by atoms with Crippen molar-refractivity contribution in [1.82, 2.24) is 25.4 Å². The summed E-state index contributed by atoms with van der Waals surface area (Å²) in [5, 5.41) is 12.3. The number of aromatic nitrogens is 3. The average molecular weight is 425 g/mol. The molecular weight excluding hydrogens is 408 g/mol. The van der Waals surface area contributed by atoms with Gasteiger partial charge < -0.3 is 10.6 Å². The SMILES string of the molecule is O=C(C[C@H]1NC(=O)N(Cc2ccccc2Cl)C1=O)Nc1cccc(-c2ncn[nH]2)c1. The van der Waals surface area contributed by atoms with Crippen LogP contribution in [0.1, 0.15) is 12.0 Å². The molecule has 3 aromatic rings. The van der Waals surface area contributed by atoms with Crippen LogP contribution in [-0.4, -0.2) is 44.0 Å². The van der Waals surface area contributed by atoms with Gasteiger partial charge in [-0.15, -0.1) is 0 Å². The van der Waals surface area contributed by atoms with Crippen molar-refractivity contribution in [1.29, 1.82) is 0 Å². The van der Waals surface area contributed by atoms with Gasteiger partial charge in [0.15, 0.2) is 5.82 Å². The van der Waals surface area contributed by atoms with E-state index in [1.165, 1.54) is 6.33 Å². The van der Waals surface area contributed by atoms with Crippen LogP contribution in [0.25, 0.3) is 11.4 Å². The molecule has 2 aromatic carbocycles. The van der Waals surface area contributed by atoms with E-state index in [1.807, 2.05) is 6.07 Å². The molecule has 2 heterocycles. The third kappa shape index (κ3) is 4.15. The Hall–Kier alpha value is -3.72. The predicted molar refractivity (Wildman–Crippen MR) is 109 cm³/mol. The number of H-pyrrole nitrogens is 1. The van der Waals surface area contributed by atoms with Gasteiger partial charge in [-0.1, -0.05) is 41.9 Å². The number of nitrogens with one attached hydrogen (secondary N) is 3. The van der Waals surface area contributed by atoms with E-state index in [2.05, 4.69) is 25.8 Å². The molecule has 1 atom stereocenters. The molecule has 9 nitrogen and oxygen atoms in total. The molecule has 1 fully saturated rings. The molecule has 0 aliphatic carbocycles. The van der Waals surface area contributed by atoms with Crippen LogP contribution in [-0.2, 0) is 16.1 Å². The summed E-state index contributed by atoms with van der Waals surface area (Å²) in [4.78, 5) is 42.4. The molecule has 0 unspecified atom stereocenters. The molecular formula is C20H17ClN6O3. The van der Waals surface area contributed by atoms with Crippen LogP contribution in [0, 0.1) is 0 Å². The number of nitrogens with zero attached hydrogens (tertiary/aromatic N) is 3. The van der Waals surface area contributed by atoms with Crippen molar-refractivity contribution < 1.29 is 14.4 Å². The van der Waals surface area contributed by atoms with Crippen LogP contribution in [0.3, 0.4) is 0 Å². The molecule has 1 aromatic heterocycles. The van der Waals surface area contributed by atoms with Crippen LogP contribution in [0.2, 0.25) is 5.02 Å². The summed E-state index contributed by atoms with van der Waals surface area (Å²) in [6.45, 7) is 0.0433. The molecule has 10 heteroatoms. The van der Waals surface area contributed by atoms with E-state index in [0.717, 1.165) is 10.5 Å². The Kier molecular flexibility index (Phi) is 5.44. The van der Waals surface area contributed by atoms with Gasteiger partial charge in [0, 0.05) is 16.3 Å². The van der Waals surface area contributed by atoms with Crippen molar-refractivity contribution in [3.05, 3.63) is 65.4 Å². The standard InChI is InChI=1S/C20H17ClN6O3/c21-15-7-2-1-4-13(15)10-27-19(29)16(25-20(27)30)9-17(28)24-14-6-3-5-12(8-14)18-22-11-23-26-18/h1-8,11,16H,9-10H2,(H,24,28)(H,25,30)(H,22,23,26)/t16-/m1/s1. The van der Waals surface area contributed by atoms with Crippen LogP contribution < -0.4 is 10.6 Å². The highest BCUT2D eigenvalue weighted by Gasteiger charge is 2.39. The van der Waals surface area contributed by atoms with E-state index in [0.29, 0.717) is 22.1 Å². The number of carbonyl (C=O) groups is 3. The fourth-order valence-corrected chi connectivity index (χ4v) is 3.34. The van der Waals surface area contributed by atoms with E-state index < -0.39 is 23.9 Å². The Labute approximate surface area is 176 Å². The van der Waals surface area contributed by atoms with Crippen molar-refractivity contribution in [2.75, 3.05) is 5.32 Å². The van der Waals surface area contributed by atoms with Crippen molar-refractivity contribution >= 4 is 35.1 Å². The third-order valence-electron chi connectivity index (χ3n) is 4.62. The maximum atomic E-state index is 12.6. The molecule has 4 rings (SSSR count).